The van der Waals surface area contributed by atoms with Crippen LogP contribution in [0, 0.1) is 0 Å². The Morgan fingerprint density at radius 3 is 0.364 bits per heavy atom. The minimum absolute atomic E-state index is 0. The quantitative estimate of drug-likeness (QED) is 0.305. The van der Waals surface area contributed by atoms with Gasteiger partial charge in [-0.1, -0.05) is 0 Å². The van der Waals surface area contributed by atoms with E-state index in [2.05, 4.69) is 0 Å². The van der Waals surface area contributed by atoms with Gasteiger partial charge in [-0.25, -0.2) is 0 Å². The molecule has 0 heterocycles. The van der Waals surface area contributed by atoms with Gasteiger partial charge in [0.05, 0.1) is 0 Å². The summed E-state index contributed by atoms with van der Waals surface area (Å²) in [6, 6.07) is 0. The summed E-state index contributed by atoms with van der Waals surface area (Å²) in [5.41, 5.74) is 0. The molecule has 0 spiro atoms. The summed E-state index contributed by atoms with van der Waals surface area (Å²) in [7, 11) is 0. The third kappa shape index (κ3) is 154. The molecule has 0 N–H and O–H groups in total. The third-order valence-electron chi connectivity index (χ3n) is 0. The van der Waals surface area contributed by atoms with Gasteiger partial charge in [0.1, 0.15) is 0 Å². The Morgan fingerprint density at radius 1 is 0.364 bits per heavy atom. The Hall–Kier alpha value is 3.33. The zero-order chi connectivity index (χ0) is 0. The predicted octanol–water partition coefficient (Wildman–Crippen LogP) is -0.609. The van der Waals surface area contributed by atoms with Crippen molar-refractivity contribution in [1.82, 2.24) is 0 Å². The van der Waals surface area contributed by atoms with E-state index in [0.717, 1.165) is 0 Å². The fraction of sp³-hybridized carbons (Fsp3) is 0. The van der Waals surface area contributed by atoms with Crippen molar-refractivity contribution in [3.63, 3.8) is 0 Å². The van der Waals surface area contributed by atoms with Crippen molar-refractivity contribution >= 4 is 0 Å². The van der Waals surface area contributed by atoms with Gasteiger partial charge in [-0.05, 0) is 0 Å². The molecule has 0 rings (SSSR count). The smallest absolute Gasteiger partial charge is 2.00 e. The maximum atomic E-state index is 0. The van der Waals surface area contributed by atoms with E-state index in [9.17, 15) is 0 Å². The van der Waals surface area contributed by atoms with Crippen LogP contribution in [-0.2, 0) is 140 Å². The van der Waals surface area contributed by atoms with Gasteiger partial charge >= 0.3 is 37.1 Å². The Morgan fingerprint density at radius 2 is 0.364 bits per heavy atom. The molecule has 0 aromatic rings. The summed E-state index contributed by atoms with van der Waals surface area (Å²) < 4.78 is 0. The number of rotatable bonds is 0. The molecule has 0 fully saturated rings. The molecule has 0 unspecified atom stereocenters. The van der Waals surface area contributed by atoms with Gasteiger partial charge in [0.2, 0.25) is 0 Å². The fourth-order valence-electron chi connectivity index (χ4n) is 0. The van der Waals surface area contributed by atoms with Crippen LogP contribution in [0.25, 0.3) is 0 Å². The maximum absolute atomic E-state index is 0. The standard InChI is InChI=1S/2Ni.5O.2V.2W/q;;5*-2;2*+5;;. The zero-order valence-electron chi connectivity index (χ0n) is 4.38. The van der Waals surface area contributed by atoms with Crippen molar-refractivity contribution in [3.05, 3.63) is 0 Å². The second kappa shape index (κ2) is 183. The van der Waals surface area contributed by atoms with E-state index in [1.165, 1.54) is 0 Å². The molecule has 0 saturated carbocycles. The van der Waals surface area contributed by atoms with E-state index in [1.54, 1.807) is 0 Å². The summed E-state index contributed by atoms with van der Waals surface area (Å²) in [6.45, 7) is 0. The molecule has 0 saturated heterocycles. The third-order valence-corrected chi connectivity index (χ3v) is 0. The summed E-state index contributed by atoms with van der Waals surface area (Å²) in [5, 5.41) is 0. The van der Waals surface area contributed by atoms with Crippen LogP contribution in [0.3, 0.4) is 0 Å². The minimum Gasteiger partial charge on any atom is -2.00 e. The first-order valence-electron chi connectivity index (χ1n) is 0. The van der Waals surface area contributed by atoms with Crippen LogP contribution in [-0.4, -0.2) is 0 Å². The molecule has 0 bridgehead atoms. The van der Waals surface area contributed by atoms with E-state index in [0.29, 0.717) is 0 Å². The molecule has 5 nitrogen and oxygen atoms in total. The van der Waals surface area contributed by atoms with Crippen molar-refractivity contribution in [2.75, 3.05) is 0 Å². The average Bonchev–Trinajstić information content (AvgIpc) is 0. The van der Waals surface area contributed by atoms with Crippen molar-refractivity contribution in [1.29, 1.82) is 0 Å². The number of hydrogen-bond donors (Lipinski definition) is 0. The fourth-order valence-corrected chi connectivity index (χ4v) is 0. The van der Waals surface area contributed by atoms with Gasteiger partial charge < -0.3 is 27.4 Å². The van der Waals surface area contributed by atoms with Gasteiger partial charge in [0.25, 0.3) is 0 Å². The van der Waals surface area contributed by atoms with E-state index < -0.39 is 0 Å². The second-order valence-electron chi connectivity index (χ2n) is 0. The molecule has 0 radical (unpaired) electrons. The Balaban J connectivity index is 0. The molecule has 11 heteroatoms. The molecule has 0 aliphatic rings. The molecule has 0 atom stereocenters. The van der Waals surface area contributed by atoms with E-state index in [1.807, 2.05) is 0 Å². The molecule has 11 heavy (non-hydrogen) atoms. The van der Waals surface area contributed by atoms with Gasteiger partial charge in [0, 0.05) is 75.1 Å². The van der Waals surface area contributed by atoms with E-state index >= 15 is 0 Å². The van der Waals surface area contributed by atoms with Crippen LogP contribution in [0.15, 0.2) is 0 Å². The van der Waals surface area contributed by atoms with Crippen molar-refractivity contribution in [2.45, 2.75) is 0 Å². The van der Waals surface area contributed by atoms with Gasteiger partial charge in [-0.2, -0.15) is 0 Å². The van der Waals surface area contributed by atoms with Crippen molar-refractivity contribution in [3.8, 4) is 0 Å². The number of hydrogen-bond acceptors (Lipinski definition) is 0. The first-order chi connectivity index (χ1) is 0. The molecule has 0 amide bonds. The van der Waals surface area contributed by atoms with Crippen LogP contribution in [0.4, 0.5) is 0 Å². The van der Waals surface area contributed by atoms with Crippen molar-refractivity contribution < 1.29 is 140 Å². The monoisotopic (exact) mass is 666 g/mol. The first-order valence-corrected chi connectivity index (χ1v) is 0. The van der Waals surface area contributed by atoms with Gasteiger partial charge in [-0.3, -0.25) is 0 Å². The summed E-state index contributed by atoms with van der Waals surface area (Å²) >= 11 is 0. The van der Waals surface area contributed by atoms with Crippen LogP contribution >= 0.6 is 0 Å². The molecule has 0 aromatic heterocycles. The van der Waals surface area contributed by atoms with Crippen LogP contribution in [0.5, 0.6) is 0 Å². The van der Waals surface area contributed by atoms with Crippen LogP contribution in [0.2, 0.25) is 0 Å². The summed E-state index contributed by atoms with van der Waals surface area (Å²) in [4.78, 5) is 0. The largest absolute Gasteiger partial charge is 5.00 e. The van der Waals surface area contributed by atoms with E-state index in [4.69, 9.17) is 0 Å². The van der Waals surface area contributed by atoms with Gasteiger partial charge in [0.15, 0.2) is 0 Å². The second-order valence-corrected chi connectivity index (χ2v) is 0. The summed E-state index contributed by atoms with van der Waals surface area (Å²) in [6.07, 6.45) is 0. The SMILES string of the molecule is [Ni].[Ni].[O-2].[O-2].[O-2].[O-2].[O-2].[V+5].[V+5].[W].[W]. The normalized spacial score (nSPS) is 0. The summed E-state index contributed by atoms with van der Waals surface area (Å²) in [5.74, 6) is 0. The molecule has 0 aliphatic heterocycles. The van der Waals surface area contributed by atoms with Gasteiger partial charge in [-0.15, -0.1) is 0 Å². The molecular formula is Ni2O5V2W2. The average molecular weight is 667 g/mol. The maximum Gasteiger partial charge on any atom is 5.00 e. The van der Waals surface area contributed by atoms with Crippen molar-refractivity contribution in [2.24, 2.45) is 0 Å². The Bertz CT molecular complexity index is 20.4. The molecule has 0 aliphatic carbocycles. The zero-order valence-corrected chi connectivity index (χ0v) is 15.0. The Labute approximate surface area is 138 Å². The van der Waals surface area contributed by atoms with E-state index in [-0.39, 0.29) is 140 Å². The molecular weight excluding hydrogens is 667 g/mol. The Kier molecular flexibility index (Phi) is 3810. The molecule has 0 aromatic carbocycles. The predicted molar refractivity (Wildman–Crippen MR) is 3.43 cm³/mol. The first kappa shape index (κ1) is 229. The van der Waals surface area contributed by atoms with Crippen LogP contribution < -0.4 is 0 Å². The topological polar surface area (TPSA) is 142 Å². The van der Waals surface area contributed by atoms with Crippen LogP contribution in [0.1, 0.15) is 0 Å². The molecule has 72 valence electrons. The minimum atomic E-state index is 0.